The molecule has 1 rings (SSSR count). The maximum absolute atomic E-state index is 3.58. The van der Waals surface area contributed by atoms with Crippen LogP contribution in [0, 0.1) is 11.3 Å². The van der Waals surface area contributed by atoms with Crippen molar-refractivity contribution in [1.82, 2.24) is 5.32 Å². The van der Waals surface area contributed by atoms with E-state index in [2.05, 4.69) is 33.1 Å². The number of unbranched alkanes of at least 4 members (excludes halogenated alkanes) is 3. The van der Waals surface area contributed by atoms with Crippen LogP contribution in [0.5, 0.6) is 0 Å². The third-order valence-electron chi connectivity index (χ3n) is 4.69. The lowest BCUT2D eigenvalue weighted by atomic mass is 9.70. The highest BCUT2D eigenvalue weighted by Gasteiger charge is 2.30. The molecule has 1 fully saturated rings. The fourth-order valence-electron chi connectivity index (χ4n) is 3.23. The van der Waals surface area contributed by atoms with Gasteiger partial charge in [-0.2, -0.15) is 0 Å². The molecule has 0 saturated heterocycles. The molecule has 1 aliphatic rings. The van der Waals surface area contributed by atoms with Crippen molar-refractivity contribution in [3.63, 3.8) is 0 Å². The van der Waals surface area contributed by atoms with E-state index in [1.165, 1.54) is 57.8 Å². The van der Waals surface area contributed by atoms with Crippen molar-refractivity contribution in [3.8, 4) is 0 Å². The summed E-state index contributed by atoms with van der Waals surface area (Å²) in [6.07, 6.45) is 12.7. The van der Waals surface area contributed by atoms with E-state index >= 15 is 0 Å². The van der Waals surface area contributed by atoms with Crippen molar-refractivity contribution >= 4 is 0 Å². The van der Waals surface area contributed by atoms with Gasteiger partial charge >= 0.3 is 0 Å². The number of hydrogen-bond acceptors (Lipinski definition) is 1. The van der Waals surface area contributed by atoms with Crippen LogP contribution in [0.1, 0.15) is 78.6 Å². The molecule has 0 aromatic heterocycles. The lowest BCUT2D eigenvalue weighted by Crippen LogP contribution is -2.37. The van der Waals surface area contributed by atoms with Crippen molar-refractivity contribution in [3.05, 3.63) is 0 Å². The van der Waals surface area contributed by atoms with Crippen LogP contribution < -0.4 is 5.32 Å². The Kier molecular flexibility index (Phi) is 6.54. The fourth-order valence-corrected chi connectivity index (χ4v) is 3.23. The molecule has 1 saturated carbocycles. The van der Waals surface area contributed by atoms with Gasteiger partial charge in [-0.15, -0.1) is 0 Å². The lowest BCUT2D eigenvalue weighted by molar-refractivity contribution is 0.159. The van der Waals surface area contributed by atoms with Crippen LogP contribution in [0.4, 0.5) is 0 Å². The molecule has 1 aliphatic carbocycles. The van der Waals surface area contributed by atoms with Crippen LogP contribution in [0.3, 0.4) is 0 Å². The van der Waals surface area contributed by atoms with Crippen molar-refractivity contribution in [2.75, 3.05) is 7.05 Å². The van der Waals surface area contributed by atoms with Crippen LogP contribution in [0.15, 0.2) is 0 Å². The molecular formula is C16H33N. The summed E-state index contributed by atoms with van der Waals surface area (Å²) in [6.45, 7) is 7.15. The third kappa shape index (κ3) is 5.42. The zero-order chi connectivity index (χ0) is 12.7. The van der Waals surface area contributed by atoms with Gasteiger partial charge in [0.05, 0.1) is 0 Å². The average molecular weight is 239 g/mol. The van der Waals surface area contributed by atoms with E-state index in [1.807, 2.05) is 0 Å². The molecule has 0 aromatic carbocycles. The van der Waals surface area contributed by atoms with Crippen molar-refractivity contribution in [2.24, 2.45) is 11.3 Å². The zero-order valence-corrected chi connectivity index (χ0v) is 12.5. The molecule has 0 amide bonds. The fraction of sp³-hybridized carbons (Fsp3) is 1.00. The van der Waals surface area contributed by atoms with Crippen molar-refractivity contribution in [1.29, 1.82) is 0 Å². The maximum Gasteiger partial charge on any atom is 0.00923 e. The Balaban J connectivity index is 2.26. The number of nitrogens with one attached hydrogen (secondary N) is 1. The molecule has 0 heterocycles. The van der Waals surface area contributed by atoms with Crippen LogP contribution in [0.2, 0.25) is 0 Å². The summed E-state index contributed by atoms with van der Waals surface area (Å²) in [7, 11) is 2.16. The maximum atomic E-state index is 3.58. The number of rotatable bonds is 7. The van der Waals surface area contributed by atoms with Gasteiger partial charge in [0.1, 0.15) is 0 Å². The third-order valence-corrected chi connectivity index (χ3v) is 4.69. The second kappa shape index (κ2) is 7.41. The Morgan fingerprint density at radius 1 is 1.12 bits per heavy atom. The predicted molar refractivity (Wildman–Crippen MR) is 77.3 cm³/mol. The van der Waals surface area contributed by atoms with Crippen LogP contribution >= 0.6 is 0 Å². The van der Waals surface area contributed by atoms with E-state index in [9.17, 15) is 0 Å². The SMILES string of the molecule is CCCCCCC(NC)C1CCC(C)(C)CC1. The first-order chi connectivity index (χ1) is 8.09. The Hall–Kier alpha value is -0.0400. The summed E-state index contributed by atoms with van der Waals surface area (Å²) in [5, 5.41) is 3.58. The molecule has 1 unspecified atom stereocenters. The van der Waals surface area contributed by atoms with Crippen LogP contribution in [0.25, 0.3) is 0 Å². The van der Waals surface area contributed by atoms with Gasteiger partial charge in [-0.1, -0.05) is 46.5 Å². The summed E-state index contributed by atoms with van der Waals surface area (Å²) in [6, 6.07) is 0.781. The molecule has 0 bridgehead atoms. The van der Waals surface area contributed by atoms with Crippen LogP contribution in [-0.2, 0) is 0 Å². The van der Waals surface area contributed by atoms with Crippen LogP contribution in [-0.4, -0.2) is 13.1 Å². The molecule has 1 nitrogen and oxygen atoms in total. The van der Waals surface area contributed by atoms with E-state index in [1.54, 1.807) is 0 Å². The highest BCUT2D eigenvalue weighted by Crippen LogP contribution is 2.39. The average Bonchev–Trinajstić information content (AvgIpc) is 2.30. The molecule has 0 radical (unpaired) electrons. The van der Waals surface area contributed by atoms with Gasteiger partial charge in [-0.3, -0.25) is 0 Å². The van der Waals surface area contributed by atoms with Crippen molar-refractivity contribution < 1.29 is 0 Å². The Morgan fingerprint density at radius 3 is 2.29 bits per heavy atom. The van der Waals surface area contributed by atoms with Gasteiger partial charge in [0.25, 0.3) is 0 Å². The van der Waals surface area contributed by atoms with E-state index in [0.29, 0.717) is 5.41 Å². The van der Waals surface area contributed by atoms with Gasteiger partial charge in [0.15, 0.2) is 0 Å². The number of hydrogen-bond donors (Lipinski definition) is 1. The smallest absolute Gasteiger partial charge is 0.00923 e. The summed E-state index contributed by atoms with van der Waals surface area (Å²) >= 11 is 0. The largest absolute Gasteiger partial charge is 0.317 e. The minimum absolute atomic E-state index is 0.608. The van der Waals surface area contributed by atoms with Gasteiger partial charge in [0.2, 0.25) is 0 Å². The van der Waals surface area contributed by atoms with Gasteiger partial charge in [-0.25, -0.2) is 0 Å². The molecule has 1 heteroatoms. The van der Waals surface area contributed by atoms with E-state index < -0.39 is 0 Å². The molecule has 17 heavy (non-hydrogen) atoms. The second-order valence-corrected chi connectivity index (χ2v) is 6.75. The predicted octanol–water partition coefficient (Wildman–Crippen LogP) is 4.76. The second-order valence-electron chi connectivity index (χ2n) is 6.75. The summed E-state index contributed by atoms with van der Waals surface area (Å²) in [5.74, 6) is 0.939. The normalized spacial score (nSPS) is 22.6. The molecule has 0 spiro atoms. The molecule has 102 valence electrons. The molecule has 0 aromatic rings. The minimum Gasteiger partial charge on any atom is -0.317 e. The minimum atomic E-state index is 0.608. The monoisotopic (exact) mass is 239 g/mol. The summed E-state index contributed by atoms with van der Waals surface area (Å²) in [4.78, 5) is 0. The molecule has 0 aliphatic heterocycles. The first-order valence-corrected chi connectivity index (χ1v) is 7.76. The van der Waals surface area contributed by atoms with E-state index in [4.69, 9.17) is 0 Å². The van der Waals surface area contributed by atoms with Gasteiger partial charge in [0, 0.05) is 6.04 Å². The highest BCUT2D eigenvalue weighted by molar-refractivity contribution is 4.84. The quantitative estimate of drug-likeness (QED) is 0.632. The van der Waals surface area contributed by atoms with Gasteiger partial charge < -0.3 is 5.32 Å². The lowest BCUT2D eigenvalue weighted by Gasteiger charge is -2.38. The summed E-state index contributed by atoms with van der Waals surface area (Å²) in [5.41, 5.74) is 0.608. The first-order valence-electron chi connectivity index (χ1n) is 7.76. The van der Waals surface area contributed by atoms with Crippen molar-refractivity contribution in [2.45, 2.75) is 84.6 Å². The van der Waals surface area contributed by atoms with Gasteiger partial charge in [-0.05, 0) is 50.5 Å². The molecular weight excluding hydrogens is 206 g/mol. The Morgan fingerprint density at radius 2 is 1.76 bits per heavy atom. The zero-order valence-electron chi connectivity index (χ0n) is 12.5. The summed E-state index contributed by atoms with van der Waals surface area (Å²) < 4.78 is 0. The highest BCUT2D eigenvalue weighted by atomic mass is 14.9. The first kappa shape index (κ1) is 15.0. The molecule has 1 atom stereocenters. The van der Waals surface area contributed by atoms with E-state index in [0.717, 1.165) is 12.0 Å². The van der Waals surface area contributed by atoms with E-state index in [-0.39, 0.29) is 0 Å². The topological polar surface area (TPSA) is 12.0 Å². The standard InChI is InChI=1S/C16H33N/c1-5-6-7-8-9-15(17-4)14-10-12-16(2,3)13-11-14/h14-15,17H,5-13H2,1-4H3. The Labute approximate surface area is 109 Å². The Bertz CT molecular complexity index is 188. The molecule has 1 N–H and O–H groups in total.